The standard InChI is InChI=1S/C14H27N3O2S2/c1-5-7-9-15-12(18)17(19)11-14(3,4)21-13(20)16(11)10-8-6-2/h11,19H,5-10H2,1-4H3,(H,15,18). The molecule has 0 radical (unpaired) electrons. The number of carbonyl (C=O) groups is 1. The molecular weight excluding hydrogens is 306 g/mol. The highest BCUT2D eigenvalue weighted by Crippen LogP contribution is 2.42. The lowest BCUT2D eigenvalue weighted by molar-refractivity contribution is -0.118. The molecule has 1 aliphatic heterocycles. The van der Waals surface area contributed by atoms with E-state index >= 15 is 0 Å². The third-order valence-corrected chi connectivity index (χ3v) is 5.13. The average molecular weight is 334 g/mol. The number of nitrogens with one attached hydrogen (secondary N) is 1. The number of rotatable bonds is 7. The molecule has 1 rings (SSSR count). The van der Waals surface area contributed by atoms with Crippen LogP contribution in [0.25, 0.3) is 0 Å². The molecule has 122 valence electrons. The van der Waals surface area contributed by atoms with Crippen molar-refractivity contribution in [3.05, 3.63) is 0 Å². The molecule has 1 saturated heterocycles. The van der Waals surface area contributed by atoms with Crippen molar-refractivity contribution < 1.29 is 10.0 Å². The zero-order valence-electron chi connectivity index (χ0n) is 13.4. The zero-order valence-corrected chi connectivity index (χ0v) is 15.0. The molecule has 0 aromatic heterocycles. The number of thioether (sulfide) groups is 1. The largest absolute Gasteiger partial charge is 0.343 e. The first-order chi connectivity index (χ1) is 9.85. The average Bonchev–Trinajstić information content (AvgIpc) is 2.64. The summed E-state index contributed by atoms with van der Waals surface area (Å²) in [6, 6.07) is -0.451. The second-order valence-corrected chi connectivity index (χ2v) is 8.11. The first-order valence-corrected chi connectivity index (χ1v) is 8.83. The monoisotopic (exact) mass is 333 g/mol. The third kappa shape index (κ3) is 4.72. The maximum Gasteiger partial charge on any atom is 0.343 e. The Kier molecular flexibility index (Phi) is 7.23. The molecule has 0 aromatic carbocycles. The molecule has 5 nitrogen and oxygen atoms in total. The van der Waals surface area contributed by atoms with Gasteiger partial charge in [0.1, 0.15) is 10.5 Å². The SMILES string of the molecule is CCCCNC(=O)N(O)C1N(CCCC)C(=S)SC1(C)C. The van der Waals surface area contributed by atoms with Crippen LogP contribution in [0, 0.1) is 0 Å². The number of hydroxylamine groups is 2. The predicted octanol–water partition coefficient (Wildman–Crippen LogP) is 3.43. The Labute approximate surface area is 137 Å². The summed E-state index contributed by atoms with van der Waals surface area (Å²) in [6.07, 6.45) is 3.51. The summed E-state index contributed by atoms with van der Waals surface area (Å²) in [4.78, 5) is 14.1. The van der Waals surface area contributed by atoms with E-state index in [4.69, 9.17) is 12.2 Å². The Balaban J connectivity index is 2.77. The molecule has 0 spiro atoms. The summed E-state index contributed by atoms with van der Waals surface area (Å²) in [5, 5.41) is 13.9. The van der Waals surface area contributed by atoms with Crippen LogP contribution in [0.4, 0.5) is 4.79 Å². The first-order valence-electron chi connectivity index (χ1n) is 7.60. The van der Waals surface area contributed by atoms with E-state index in [-0.39, 0.29) is 4.75 Å². The first kappa shape index (κ1) is 18.5. The maximum absolute atomic E-state index is 12.1. The third-order valence-electron chi connectivity index (χ3n) is 3.50. The molecule has 1 heterocycles. The minimum atomic E-state index is -0.451. The van der Waals surface area contributed by atoms with E-state index in [2.05, 4.69) is 19.2 Å². The van der Waals surface area contributed by atoms with Gasteiger partial charge in [0, 0.05) is 13.1 Å². The lowest BCUT2D eigenvalue weighted by atomic mass is 10.1. The van der Waals surface area contributed by atoms with E-state index in [1.54, 1.807) is 0 Å². The van der Waals surface area contributed by atoms with Crippen LogP contribution in [0.5, 0.6) is 0 Å². The number of hydrogen-bond acceptors (Lipinski definition) is 4. The van der Waals surface area contributed by atoms with Gasteiger partial charge >= 0.3 is 6.03 Å². The molecule has 1 atom stereocenters. The Morgan fingerprint density at radius 2 is 2.05 bits per heavy atom. The van der Waals surface area contributed by atoms with Crippen LogP contribution in [0.2, 0.25) is 0 Å². The van der Waals surface area contributed by atoms with Crippen LogP contribution in [0.15, 0.2) is 0 Å². The Morgan fingerprint density at radius 3 is 2.62 bits per heavy atom. The van der Waals surface area contributed by atoms with Crippen molar-refractivity contribution in [3.63, 3.8) is 0 Å². The van der Waals surface area contributed by atoms with E-state index < -0.39 is 12.2 Å². The van der Waals surface area contributed by atoms with E-state index in [9.17, 15) is 10.0 Å². The van der Waals surface area contributed by atoms with Crippen LogP contribution in [0.3, 0.4) is 0 Å². The van der Waals surface area contributed by atoms with Gasteiger partial charge < -0.3 is 10.2 Å². The van der Waals surface area contributed by atoms with E-state index in [0.29, 0.717) is 6.54 Å². The van der Waals surface area contributed by atoms with E-state index in [0.717, 1.165) is 41.6 Å². The van der Waals surface area contributed by atoms with Crippen LogP contribution >= 0.6 is 24.0 Å². The maximum atomic E-state index is 12.1. The molecule has 1 aliphatic rings. The fraction of sp³-hybridized carbons (Fsp3) is 0.857. The zero-order chi connectivity index (χ0) is 16.0. The van der Waals surface area contributed by atoms with Gasteiger partial charge in [0.25, 0.3) is 0 Å². The van der Waals surface area contributed by atoms with Gasteiger partial charge in [-0.05, 0) is 26.7 Å². The lowest BCUT2D eigenvalue weighted by Crippen LogP contribution is -2.57. The van der Waals surface area contributed by atoms with Crippen LogP contribution in [0.1, 0.15) is 53.4 Å². The molecule has 0 aromatic rings. The molecule has 2 amide bonds. The lowest BCUT2D eigenvalue weighted by Gasteiger charge is -2.36. The molecule has 1 unspecified atom stereocenters. The van der Waals surface area contributed by atoms with Gasteiger partial charge in [0.2, 0.25) is 0 Å². The van der Waals surface area contributed by atoms with Gasteiger partial charge in [-0.25, -0.2) is 4.79 Å². The number of amides is 2. The number of nitrogens with zero attached hydrogens (tertiary/aromatic N) is 2. The molecule has 21 heavy (non-hydrogen) atoms. The molecular formula is C14H27N3O2S2. The van der Waals surface area contributed by atoms with Crippen molar-refractivity contribution in [2.45, 2.75) is 64.3 Å². The van der Waals surface area contributed by atoms with Crippen LogP contribution in [-0.4, -0.2) is 49.5 Å². The number of hydrogen-bond donors (Lipinski definition) is 2. The summed E-state index contributed by atoms with van der Waals surface area (Å²) < 4.78 is 0.417. The van der Waals surface area contributed by atoms with E-state index in [1.165, 1.54) is 11.8 Å². The van der Waals surface area contributed by atoms with Crippen molar-refractivity contribution >= 4 is 34.3 Å². The van der Waals surface area contributed by atoms with Gasteiger partial charge in [-0.15, -0.1) is 0 Å². The Morgan fingerprint density at radius 1 is 1.43 bits per heavy atom. The highest BCUT2D eigenvalue weighted by atomic mass is 32.2. The van der Waals surface area contributed by atoms with Gasteiger partial charge in [-0.3, -0.25) is 5.21 Å². The van der Waals surface area contributed by atoms with Crippen molar-refractivity contribution in [3.8, 4) is 0 Å². The Hall–Kier alpha value is -0.530. The van der Waals surface area contributed by atoms with Crippen molar-refractivity contribution in [1.29, 1.82) is 0 Å². The molecule has 0 bridgehead atoms. The minimum Gasteiger partial charge on any atom is -0.336 e. The van der Waals surface area contributed by atoms with Crippen LogP contribution in [-0.2, 0) is 0 Å². The van der Waals surface area contributed by atoms with Crippen molar-refractivity contribution in [1.82, 2.24) is 15.3 Å². The predicted molar refractivity (Wildman–Crippen MR) is 91.6 cm³/mol. The smallest absolute Gasteiger partial charge is 0.336 e. The van der Waals surface area contributed by atoms with Crippen molar-refractivity contribution in [2.75, 3.05) is 13.1 Å². The van der Waals surface area contributed by atoms with Gasteiger partial charge in [-0.2, -0.15) is 5.06 Å². The molecule has 2 N–H and O–H groups in total. The summed E-state index contributed by atoms with van der Waals surface area (Å²) >= 11 is 6.95. The highest BCUT2D eigenvalue weighted by Gasteiger charge is 2.48. The fourth-order valence-electron chi connectivity index (χ4n) is 2.34. The molecule has 1 fully saturated rings. The number of thiocarbonyl (C=S) groups is 1. The highest BCUT2D eigenvalue weighted by molar-refractivity contribution is 8.24. The number of carbonyl (C=O) groups excluding carboxylic acids is 1. The van der Waals surface area contributed by atoms with Gasteiger partial charge in [0.05, 0.1) is 4.75 Å². The van der Waals surface area contributed by atoms with E-state index in [1.807, 2.05) is 18.7 Å². The summed E-state index contributed by atoms with van der Waals surface area (Å²) in [7, 11) is 0. The molecule has 7 heteroatoms. The fourth-order valence-corrected chi connectivity index (χ4v) is 4.27. The topological polar surface area (TPSA) is 55.8 Å². The minimum absolute atomic E-state index is 0.332. The second-order valence-electron chi connectivity index (χ2n) is 5.82. The summed E-state index contributed by atoms with van der Waals surface area (Å²) in [5.41, 5.74) is 0. The van der Waals surface area contributed by atoms with Gasteiger partial charge in [-0.1, -0.05) is 50.7 Å². The molecule has 0 aliphatic carbocycles. The van der Waals surface area contributed by atoms with Gasteiger partial charge in [0.15, 0.2) is 0 Å². The summed E-state index contributed by atoms with van der Waals surface area (Å²) in [5.74, 6) is 0. The second kappa shape index (κ2) is 8.19. The number of unbranched alkanes of at least 4 members (excludes halogenated alkanes) is 2. The number of urea groups is 1. The van der Waals surface area contributed by atoms with Crippen LogP contribution < -0.4 is 5.32 Å². The summed E-state index contributed by atoms with van der Waals surface area (Å²) in [6.45, 7) is 9.51. The Bertz CT molecular complexity index is 377. The quantitative estimate of drug-likeness (QED) is 0.323. The normalized spacial score (nSPS) is 20.7. The molecule has 0 saturated carbocycles. The van der Waals surface area contributed by atoms with Crippen molar-refractivity contribution in [2.24, 2.45) is 0 Å².